The highest BCUT2D eigenvalue weighted by Gasteiger charge is 2.30. The Bertz CT molecular complexity index is 246. The van der Waals surface area contributed by atoms with Crippen LogP contribution >= 0.6 is 0 Å². The second kappa shape index (κ2) is 7.64. The van der Waals surface area contributed by atoms with Crippen LogP contribution in [0.1, 0.15) is 65.7 Å². The molecule has 1 heterocycles. The van der Waals surface area contributed by atoms with E-state index >= 15 is 0 Å². The van der Waals surface area contributed by atoms with Crippen molar-refractivity contribution < 1.29 is 0 Å². The molecule has 1 saturated carbocycles. The van der Waals surface area contributed by atoms with Crippen molar-refractivity contribution in [2.45, 2.75) is 77.8 Å². The lowest BCUT2D eigenvalue weighted by atomic mass is 9.80. The van der Waals surface area contributed by atoms with Crippen molar-refractivity contribution in [1.82, 2.24) is 10.2 Å². The third kappa shape index (κ3) is 4.46. The van der Waals surface area contributed by atoms with Gasteiger partial charge in [-0.1, -0.05) is 33.6 Å². The third-order valence-corrected chi connectivity index (χ3v) is 5.13. The maximum Gasteiger partial charge on any atom is 0.0223 e. The first-order valence-corrected chi connectivity index (χ1v) is 8.67. The molecule has 0 bridgehead atoms. The van der Waals surface area contributed by atoms with E-state index in [-0.39, 0.29) is 0 Å². The number of nitrogens with one attached hydrogen (secondary N) is 1. The van der Waals surface area contributed by atoms with E-state index in [1.54, 1.807) is 0 Å². The minimum absolute atomic E-state index is 0.807. The molecule has 1 aliphatic heterocycles. The van der Waals surface area contributed by atoms with Crippen LogP contribution in [-0.4, -0.2) is 36.6 Å². The zero-order valence-electron chi connectivity index (χ0n) is 13.3. The molecule has 0 aromatic carbocycles. The molecule has 2 rings (SSSR count). The minimum Gasteiger partial charge on any atom is -0.315 e. The molecule has 3 atom stereocenters. The lowest BCUT2D eigenvalue weighted by molar-refractivity contribution is 0.0734. The fraction of sp³-hybridized carbons (Fsp3) is 1.00. The van der Waals surface area contributed by atoms with E-state index in [0.29, 0.717) is 0 Å². The molecule has 0 aromatic heterocycles. The molecule has 3 unspecified atom stereocenters. The van der Waals surface area contributed by atoms with E-state index in [4.69, 9.17) is 0 Å². The van der Waals surface area contributed by atoms with Crippen molar-refractivity contribution in [3.05, 3.63) is 0 Å². The van der Waals surface area contributed by atoms with Gasteiger partial charge < -0.3 is 5.32 Å². The van der Waals surface area contributed by atoms with E-state index in [0.717, 1.165) is 23.9 Å². The normalized spacial score (nSPS) is 33.0. The molecule has 0 amide bonds. The fourth-order valence-electron chi connectivity index (χ4n) is 4.38. The van der Waals surface area contributed by atoms with Gasteiger partial charge in [0.15, 0.2) is 0 Å². The lowest BCUT2D eigenvalue weighted by Gasteiger charge is -2.43. The van der Waals surface area contributed by atoms with Crippen LogP contribution in [0.25, 0.3) is 0 Å². The molecule has 2 fully saturated rings. The molecular formula is C17H34N2. The number of nitrogens with zero attached hydrogens (tertiary/aromatic N) is 1. The van der Waals surface area contributed by atoms with Gasteiger partial charge >= 0.3 is 0 Å². The third-order valence-electron chi connectivity index (χ3n) is 5.13. The van der Waals surface area contributed by atoms with Crippen LogP contribution in [0, 0.1) is 11.8 Å². The first kappa shape index (κ1) is 15.3. The summed E-state index contributed by atoms with van der Waals surface area (Å²) in [6, 6.07) is 1.67. The summed E-state index contributed by atoms with van der Waals surface area (Å²) in [6.07, 6.45) is 10.1. The summed E-state index contributed by atoms with van der Waals surface area (Å²) in [5, 5.41) is 3.59. The average Bonchev–Trinajstić information content (AvgIpc) is 2.40. The van der Waals surface area contributed by atoms with Crippen molar-refractivity contribution in [1.29, 1.82) is 0 Å². The van der Waals surface area contributed by atoms with Crippen molar-refractivity contribution >= 4 is 0 Å². The summed E-state index contributed by atoms with van der Waals surface area (Å²) in [7, 11) is 0. The molecule has 1 saturated heterocycles. The van der Waals surface area contributed by atoms with E-state index < -0.39 is 0 Å². The Morgan fingerprint density at radius 3 is 2.53 bits per heavy atom. The Kier molecular flexibility index (Phi) is 6.15. The van der Waals surface area contributed by atoms with Gasteiger partial charge in [0.05, 0.1) is 0 Å². The smallest absolute Gasteiger partial charge is 0.0223 e. The van der Waals surface area contributed by atoms with Gasteiger partial charge in [-0.15, -0.1) is 0 Å². The van der Waals surface area contributed by atoms with Crippen LogP contribution in [0.2, 0.25) is 0 Å². The maximum absolute atomic E-state index is 3.59. The van der Waals surface area contributed by atoms with Gasteiger partial charge in [0.2, 0.25) is 0 Å². The summed E-state index contributed by atoms with van der Waals surface area (Å²) in [5.41, 5.74) is 0. The van der Waals surface area contributed by atoms with E-state index in [2.05, 4.69) is 31.0 Å². The predicted molar refractivity (Wildman–Crippen MR) is 83.5 cm³/mol. The molecule has 2 aliphatic rings. The van der Waals surface area contributed by atoms with Crippen LogP contribution in [-0.2, 0) is 0 Å². The van der Waals surface area contributed by atoms with Gasteiger partial charge in [-0.05, 0) is 57.0 Å². The highest BCUT2D eigenvalue weighted by Crippen LogP contribution is 2.33. The van der Waals surface area contributed by atoms with E-state index in [9.17, 15) is 0 Å². The minimum atomic E-state index is 0.807. The second-order valence-electron chi connectivity index (χ2n) is 7.15. The van der Waals surface area contributed by atoms with Crippen LogP contribution in [0.15, 0.2) is 0 Å². The summed E-state index contributed by atoms with van der Waals surface area (Å²) in [6.45, 7) is 10.8. The number of likely N-dealkylation sites (N-methyl/N-ethyl adjacent to an activating group) is 1. The van der Waals surface area contributed by atoms with Crippen LogP contribution < -0.4 is 5.32 Å². The molecule has 112 valence electrons. The first-order valence-electron chi connectivity index (χ1n) is 8.67. The fourth-order valence-corrected chi connectivity index (χ4v) is 4.38. The summed E-state index contributed by atoms with van der Waals surface area (Å²) in [4.78, 5) is 2.83. The van der Waals surface area contributed by atoms with Crippen molar-refractivity contribution in [3.8, 4) is 0 Å². The second-order valence-corrected chi connectivity index (χ2v) is 7.15. The predicted octanol–water partition coefficient (Wildman–Crippen LogP) is 3.67. The Balaban J connectivity index is 1.89. The van der Waals surface area contributed by atoms with Crippen molar-refractivity contribution in [2.24, 2.45) is 11.8 Å². The van der Waals surface area contributed by atoms with Crippen molar-refractivity contribution in [2.75, 3.05) is 19.6 Å². The molecule has 2 nitrogen and oxygen atoms in total. The van der Waals surface area contributed by atoms with Gasteiger partial charge in [0.25, 0.3) is 0 Å². The summed E-state index contributed by atoms with van der Waals surface area (Å²) < 4.78 is 0. The topological polar surface area (TPSA) is 15.3 Å². The van der Waals surface area contributed by atoms with Gasteiger partial charge in [0, 0.05) is 18.6 Å². The quantitative estimate of drug-likeness (QED) is 0.817. The Hall–Kier alpha value is -0.0800. The molecule has 1 N–H and O–H groups in total. The number of hydrogen-bond donors (Lipinski definition) is 1. The number of rotatable bonds is 5. The Morgan fingerprint density at radius 1 is 1.11 bits per heavy atom. The van der Waals surface area contributed by atoms with Gasteiger partial charge in [-0.3, -0.25) is 4.90 Å². The molecule has 0 radical (unpaired) electrons. The molecule has 2 heteroatoms. The van der Waals surface area contributed by atoms with Crippen LogP contribution in [0.5, 0.6) is 0 Å². The van der Waals surface area contributed by atoms with Gasteiger partial charge in [-0.2, -0.15) is 0 Å². The molecule has 1 aliphatic carbocycles. The Morgan fingerprint density at radius 2 is 1.89 bits per heavy atom. The monoisotopic (exact) mass is 266 g/mol. The largest absolute Gasteiger partial charge is 0.315 e. The van der Waals surface area contributed by atoms with Crippen LogP contribution in [0.3, 0.4) is 0 Å². The average molecular weight is 266 g/mol. The SMILES string of the molecule is CCN(C1CCCNC1)C1CCCC(CC(C)C)C1. The molecule has 0 aromatic rings. The molecule has 0 spiro atoms. The first-order chi connectivity index (χ1) is 9.20. The standard InChI is InChI=1S/C17H34N2/c1-4-19(17-9-6-10-18-13-17)16-8-5-7-15(12-16)11-14(2)3/h14-18H,4-13H2,1-3H3. The molecular weight excluding hydrogens is 232 g/mol. The maximum atomic E-state index is 3.59. The zero-order chi connectivity index (χ0) is 13.7. The number of hydrogen-bond acceptors (Lipinski definition) is 2. The van der Waals surface area contributed by atoms with Gasteiger partial charge in [-0.25, -0.2) is 0 Å². The van der Waals surface area contributed by atoms with Gasteiger partial charge in [0.1, 0.15) is 0 Å². The Labute approximate surface area is 120 Å². The lowest BCUT2D eigenvalue weighted by Crippen LogP contribution is -2.51. The summed E-state index contributed by atoms with van der Waals surface area (Å²) in [5.74, 6) is 1.86. The molecule has 19 heavy (non-hydrogen) atoms. The van der Waals surface area contributed by atoms with E-state index in [1.165, 1.54) is 64.6 Å². The number of piperidine rings is 1. The summed E-state index contributed by atoms with van der Waals surface area (Å²) >= 11 is 0. The van der Waals surface area contributed by atoms with Crippen molar-refractivity contribution in [3.63, 3.8) is 0 Å². The highest BCUT2D eigenvalue weighted by molar-refractivity contribution is 4.86. The van der Waals surface area contributed by atoms with E-state index in [1.807, 2.05) is 0 Å². The van der Waals surface area contributed by atoms with Crippen LogP contribution in [0.4, 0.5) is 0 Å². The highest BCUT2D eigenvalue weighted by atomic mass is 15.2. The zero-order valence-corrected chi connectivity index (χ0v) is 13.3.